The lowest BCUT2D eigenvalue weighted by atomic mass is 9.52. The zero-order valence-electron chi connectivity index (χ0n) is 21.3. The fourth-order valence-electron chi connectivity index (χ4n) is 6.43. The predicted octanol–water partition coefficient (Wildman–Crippen LogP) is -0.151. The van der Waals surface area contributed by atoms with Crippen LogP contribution in [0.5, 0.6) is 5.75 Å². The normalized spacial score (nSPS) is 29.7. The highest BCUT2D eigenvalue weighted by Crippen LogP contribution is 2.50. The number of aromatic hydroxyl groups is 1. The molecule has 0 heterocycles. The van der Waals surface area contributed by atoms with E-state index in [0.717, 1.165) is 0 Å². The fraction of sp³-hybridized carbons (Fsp3) is 0.345. The molecule has 0 spiro atoms. The van der Waals surface area contributed by atoms with Crippen LogP contribution in [0.2, 0.25) is 0 Å². The van der Waals surface area contributed by atoms with Crippen LogP contribution < -0.4 is 11.5 Å². The lowest BCUT2D eigenvalue weighted by molar-refractivity contribution is -0.181. The number of hydrogen-bond donors (Lipinski definition) is 4. The van der Waals surface area contributed by atoms with E-state index in [0.29, 0.717) is 22.4 Å². The van der Waals surface area contributed by atoms with Gasteiger partial charge in [0.05, 0.1) is 17.5 Å². The molecule has 200 valence electrons. The first-order chi connectivity index (χ1) is 18.4. The van der Waals surface area contributed by atoms with Gasteiger partial charge in [0.2, 0.25) is 5.91 Å². The molecule has 0 aliphatic heterocycles. The van der Waals surface area contributed by atoms with E-state index in [1.165, 1.54) is 25.1 Å². The van der Waals surface area contributed by atoms with Gasteiger partial charge >= 0.3 is 0 Å². The number of nitrogens with two attached hydrogens (primary N) is 2. The molecule has 6 N–H and O–H groups in total. The van der Waals surface area contributed by atoms with Crippen molar-refractivity contribution in [2.75, 3.05) is 19.8 Å². The van der Waals surface area contributed by atoms with Crippen molar-refractivity contribution < 1.29 is 34.2 Å². The lowest BCUT2D eigenvalue weighted by Gasteiger charge is -2.52. The quantitative estimate of drug-likeness (QED) is 0.234. The number of benzene rings is 2. The lowest BCUT2D eigenvalue weighted by Crippen LogP contribution is -2.74. The molecule has 3 aliphatic rings. The first kappa shape index (κ1) is 26.3. The van der Waals surface area contributed by atoms with Gasteiger partial charge in [-0.2, -0.15) is 0 Å². The Kier molecular flexibility index (Phi) is 6.17. The molecule has 0 aromatic heterocycles. The molecule has 6 atom stereocenters. The second-order valence-electron chi connectivity index (χ2n) is 10.6. The molecule has 2 aromatic rings. The van der Waals surface area contributed by atoms with Crippen LogP contribution in [0.1, 0.15) is 33.5 Å². The Bertz CT molecular complexity index is 1520. The zero-order valence-corrected chi connectivity index (χ0v) is 21.3. The second-order valence-corrected chi connectivity index (χ2v) is 10.6. The smallest absolute Gasteiger partial charge is 0.235 e. The Morgan fingerprint density at radius 3 is 2.31 bits per heavy atom. The number of hydrogen-bond acceptors (Lipinski definition) is 9. The minimum absolute atomic E-state index is 0.0234. The molecule has 0 radical (unpaired) electrons. The van der Waals surface area contributed by atoms with Crippen molar-refractivity contribution in [2.45, 2.75) is 24.5 Å². The van der Waals surface area contributed by atoms with Gasteiger partial charge in [-0.3, -0.25) is 28.9 Å². The number of likely N-dealkylation sites (N-methyl/N-ethyl adjacent to an activating group) is 1. The maximum absolute atomic E-state index is 13.8. The zero-order chi connectivity index (χ0) is 28.4. The number of anilines is 1. The summed E-state index contributed by atoms with van der Waals surface area (Å²) in [5.74, 6) is -4.78. The molecule has 5 rings (SSSR count). The van der Waals surface area contributed by atoms with E-state index in [9.17, 15) is 34.2 Å². The van der Waals surface area contributed by atoms with Gasteiger partial charge in [0.1, 0.15) is 5.75 Å². The monoisotopic (exact) mass is 529 g/mol. The summed E-state index contributed by atoms with van der Waals surface area (Å²) in [6.07, 6.45) is 0.121. The van der Waals surface area contributed by atoms with Gasteiger partial charge in [-0.15, -0.1) is 0 Å². The van der Waals surface area contributed by atoms with Gasteiger partial charge in [0.25, 0.3) is 0 Å². The molecule has 10 nitrogen and oxygen atoms in total. The Balaban J connectivity index is 1.61. The molecule has 1 amide bonds. The predicted molar refractivity (Wildman–Crippen MR) is 138 cm³/mol. The molecule has 39 heavy (non-hydrogen) atoms. The summed E-state index contributed by atoms with van der Waals surface area (Å²) in [6, 6.07) is 8.64. The van der Waals surface area contributed by atoms with E-state index in [1.807, 2.05) is 0 Å². The molecular weight excluding hydrogens is 502 g/mol. The minimum Gasteiger partial charge on any atom is -0.507 e. The van der Waals surface area contributed by atoms with Crippen molar-refractivity contribution in [2.24, 2.45) is 29.4 Å². The van der Waals surface area contributed by atoms with Gasteiger partial charge in [-0.1, -0.05) is 11.8 Å². The van der Waals surface area contributed by atoms with Crippen LogP contribution in [0.25, 0.3) is 0 Å². The third kappa shape index (κ3) is 3.85. The number of Topliss-reactive ketones (excluding diaryl/α,β-unsaturated/α-hetero) is 4. The number of ketones is 4. The maximum Gasteiger partial charge on any atom is 0.235 e. The van der Waals surface area contributed by atoms with Gasteiger partial charge in [0.15, 0.2) is 34.7 Å². The van der Waals surface area contributed by atoms with E-state index in [4.69, 9.17) is 11.5 Å². The number of nitrogen functional groups attached to an aromatic ring is 1. The topological polar surface area (TPSA) is 181 Å². The summed E-state index contributed by atoms with van der Waals surface area (Å²) in [7, 11) is 3.08. The molecule has 2 aromatic carbocycles. The average Bonchev–Trinajstić information content (AvgIpc) is 2.86. The summed E-state index contributed by atoms with van der Waals surface area (Å²) >= 11 is 0. The van der Waals surface area contributed by atoms with Crippen LogP contribution in [0.3, 0.4) is 0 Å². The summed E-state index contributed by atoms with van der Waals surface area (Å²) in [6.45, 7) is 0. The van der Waals surface area contributed by atoms with Crippen molar-refractivity contribution in [3.05, 3.63) is 58.7 Å². The molecule has 2 fully saturated rings. The summed E-state index contributed by atoms with van der Waals surface area (Å²) in [5.41, 5.74) is 10.4. The molecule has 0 saturated heterocycles. The molecule has 6 unspecified atom stereocenters. The number of rotatable bonds is 2. The highest BCUT2D eigenvalue weighted by atomic mass is 16.3. The first-order valence-corrected chi connectivity index (χ1v) is 12.4. The SMILES string of the molecule is CN(C)C1C(=O)C(C(N)=O)C(=O)C2(O)C(=O)C3C(=O)c4c(O)ccc(C#Cc5ccc(N)cc5)c4CC3CC12. The highest BCUT2D eigenvalue weighted by Gasteiger charge is 2.69. The second kappa shape index (κ2) is 9.15. The minimum atomic E-state index is -2.75. The molecule has 10 heteroatoms. The van der Waals surface area contributed by atoms with E-state index in [-0.39, 0.29) is 24.2 Å². The summed E-state index contributed by atoms with van der Waals surface area (Å²) in [4.78, 5) is 67.5. The number of fused-ring (bicyclic) bond motifs is 3. The number of carbonyl (C=O) groups is 5. The van der Waals surface area contributed by atoms with Crippen LogP contribution in [0.15, 0.2) is 36.4 Å². The Hall–Kier alpha value is -4.33. The van der Waals surface area contributed by atoms with Crippen molar-refractivity contribution in [3.8, 4) is 17.6 Å². The van der Waals surface area contributed by atoms with Crippen molar-refractivity contribution in [1.29, 1.82) is 0 Å². The number of carbonyl (C=O) groups excluding carboxylic acids is 5. The molecular formula is C29H27N3O7. The van der Waals surface area contributed by atoms with Gasteiger partial charge in [-0.25, -0.2) is 0 Å². The van der Waals surface area contributed by atoms with E-state index < -0.39 is 64.4 Å². The molecule has 3 aliphatic carbocycles. The van der Waals surface area contributed by atoms with Gasteiger partial charge < -0.3 is 21.7 Å². The van der Waals surface area contributed by atoms with Crippen LogP contribution in [-0.4, -0.2) is 69.9 Å². The number of primary amides is 1. The number of nitrogens with zero attached hydrogens (tertiary/aromatic N) is 1. The third-order valence-electron chi connectivity index (χ3n) is 8.20. The standard InChI is InChI=1S/C29H27N3O7/c1-32(2)23-18-12-15-11-17-14(6-3-13-4-8-16(30)9-5-13)7-10-19(33)21(17)24(34)20(15)26(36)29(18,39)27(37)22(25(23)35)28(31)38/h4-5,7-10,15,18,20,22-23,33,39H,11-12,30H2,1-2H3,(H2,31,38). The van der Waals surface area contributed by atoms with Crippen LogP contribution in [0.4, 0.5) is 5.69 Å². The fourth-order valence-corrected chi connectivity index (χ4v) is 6.43. The van der Waals surface area contributed by atoms with Crippen molar-refractivity contribution in [1.82, 2.24) is 4.90 Å². The number of amides is 1. The average molecular weight is 530 g/mol. The number of phenols is 1. The van der Waals surface area contributed by atoms with Crippen LogP contribution in [0, 0.1) is 35.5 Å². The number of aliphatic hydroxyl groups is 1. The summed E-state index contributed by atoms with van der Waals surface area (Å²) < 4.78 is 0. The Labute approximate surface area is 224 Å². The van der Waals surface area contributed by atoms with Gasteiger partial charge in [-0.05, 0) is 74.8 Å². The molecule has 0 bridgehead atoms. The van der Waals surface area contributed by atoms with Crippen LogP contribution in [-0.2, 0) is 25.6 Å². The third-order valence-corrected chi connectivity index (χ3v) is 8.20. The maximum atomic E-state index is 13.8. The van der Waals surface area contributed by atoms with E-state index in [1.54, 1.807) is 30.3 Å². The number of phenolic OH excluding ortho intramolecular Hbond substituents is 1. The molecule has 2 saturated carbocycles. The Morgan fingerprint density at radius 1 is 1.03 bits per heavy atom. The highest BCUT2D eigenvalue weighted by molar-refractivity contribution is 6.32. The van der Waals surface area contributed by atoms with Gasteiger partial charge in [0, 0.05) is 22.7 Å². The Morgan fingerprint density at radius 2 is 1.69 bits per heavy atom. The largest absolute Gasteiger partial charge is 0.507 e. The van der Waals surface area contributed by atoms with Crippen molar-refractivity contribution in [3.63, 3.8) is 0 Å². The van der Waals surface area contributed by atoms with Crippen LogP contribution >= 0.6 is 0 Å². The van der Waals surface area contributed by atoms with E-state index in [2.05, 4.69) is 11.8 Å². The van der Waals surface area contributed by atoms with Crippen molar-refractivity contribution >= 4 is 34.7 Å². The van der Waals surface area contributed by atoms with E-state index >= 15 is 0 Å². The first-order valence-electron chi connectivity index (χ1n) is 12.4. The summed E-state index contributed by atoms with van der Waals surface area (Å²) in [5, 5.41) is 22.2.